The van der Waals surface area contributed by atoms with Gasteiger partial charge in [0.25, 0.3) is 0 Å². The molecule has 1 aromatic rings. The Hall–Kier alpha value is -0.830. The molecule has 0 saturated carbocycles. The van der Waals surface area contributed by atoms with Crippen molar-refractivity contribution in [3.8, 4) is 0 Å². The molecule has 0 fully saturated rings. The van der Waals surface area contributed by atoms with Crippen LogP contribution in [0.1, 0.15) is 25.8 Å². The van der Waals surface area contributed by atoms with Crippen LogP contribution in [0.5, 0.6) is 0 Å². The number of hydrogen-bond acceptors (Lipinski definition) is 2. The number of aliphatic carboxylic acids is 1. The minimum atomic E-state index is -0.744. The van der Waals surface area contributed by atoms with Crippen molar-refractivity contribution in [2.24, 2.45) is 0 Å². The molecule has 1 rings (SSSR count). The molecule has 0 amide bonds. The second kappa shape index (κ2) is 3.27. The van der Waals surface area contributed by atoms with E-state index in [4.69, 9.17) is 5.11 Å². The fourth-order valence-electron chi connectivity index (χ4n) is 1.13. The summed E-state index contributed by atoms with van der Waals surface area (Å²) in [6.45, 7) is 3.90. The van der Waals surface area contributed by atoms with Crippen LogP contribution in [0, 0.1) is 0 Å². The van der Waals surface area contributed by atoms with Crippen molar-refractivity contribution < 1.29 is 9.90 Å². The van der Waals surface area contributed by atoms with Gasteiger partial charge in [0, 0.05) is 5.41 Å². The molecule has 0 atom stereocenters. The molecule has 0 aliphatic carbocycles. The van der Waals surface area contributed by atoms with Crippen molar-refractivity contribution in [1.29, 1.82) is 0 Å². The van der Waals surface area contributed by atoms with Gasteiger partial charge in [0.05, 0.1) is 6.42 Å². The predicted octanol–water partition coefficient (Wildman–Crippen LogP) is 2.50. The molecule has 1 aromatic heterocycles. The molecule has 2 nitrogen and oxygen atoms in total. The zero-order valence-electron chi connectivity index (χ0n) is 7.20. The van der Waals surface area contributed by atoms with Crippen molar-refractivity contribution in [2.45, 2.75) is 25.7 Å². The van der Waals surface area contributed by atoms with Gasteiger partial charge in [-0.05, 0) is 22.4 Å². The maximum absolute atomic E-state index is 10.5. The summed E-state index contributed by atoms with van der Waals surface area (Å²) in [6.07, 6.45) is 0.184. The monoisotopic (exact) mass is 184 g/mol. The van der Waals surface area contributed by atoms with Gasteiger partial charge in [0.15, 0.2) is 0 Å². The first-order chi connectivity index (χ1) is 5.52. The first-order valence-corrected chi connectivity index (χ1v) is 4.71. The van der Waals surface area contributed by atoms with Gasteiger partial charge in [-0.25, -0.2) is 0 Å². The van der Waals surface area contributed by atoms with Crippen LogP contribution in [0.15, 0.2) is 16.8 Å². The summed E-state index contributed by atoms with van der Waals surface area (Å²) in [7, 11) is 0. The smallest absolute Gasteiger partial charge is 0.304 e. The van der Waals surface area contributed by atoms with Gasteiger partial charge >= 0.3 is 5.97 Å². The van der Waals surface area contributed by atoms with E-state index in [9.17, 15) is 4.79 Å². The highest BCUT2D eigenvalue weighted by Gasteiger charge is 2.23. The average molecular weight is 184 g/mol. The minimum absolute atomic E-state index is 0.184. The summed E-state index contributed by atoms with van der Waals surface area (Å²) in [5.41, 5.74) is 0.862. The fraction of sp³-hybridized carbons (Fsp3) is 0.444. The molecule has 1 N–H and O–H groups in total. The topological polar surface area (TPSA) is 37.3 Å². The number of carboxylic acids is 1. The summed E-state index contributed by atoms with van der Waals surface area (Å²) < 4.78 is 0. The SMILES string of the molecule is CC(C)(CC(=O)O)c1ccsc1. The fourth-order valence-corrected chi connectivity index (χ4v) is 1.98. The van der Waals surface area contributed by atoms with Gasteiger partial charge in [0.2, 0.25) is 0 Å². The molecular weight excluding hydrogens is 172 g/mol. The van der Waals surface area contributed by atoms with E-state index < -0.39 is 5.97 Å². The Morgan fingerprint density at radius 1 is 1.67 bits per heavy atom. The van der Waals surface area contributed by atoms with E-state index in [0.717, 1.165) is 5.56 Å². The summed E-state index contributed by atoms with van der Waals surface area (Å²) in [5.74, 6) is -0.744. The van der Waals surface area contributed by atoms with Crippen molar-refractivity contribution in [3.05, 3.63) is 22.4 Å². The van der Waals surface area contributed by atoms with E-state index in [1.165, 1.54) is 0 Å². The average Bonchev–Trinajstić information content (AvgIpc) is 2.32. The molecule has 0 radical (unpaired) electrons. The number of carbonyl (C=O) groups is 1. The molecule has 0 spiro atoms. The van der Waals surface area contributed by atoms with E-state index in [2.05, 4.69) is 0 Å². The van der Waals surface area contributed by atoms with Crippen LogP contribution in [0.3, 0.4) is 0 Å². The summed E-state index contributed by atoms with van der Waals surface area (Å²) in [6, 6.07) is 1.98. The predicted molar refractivity (Wildman–Crippen MR) is 49.6 cm³/mol. The lowest BCUT2D eigenvalue weighted by atomic mass is 9.83. The molecule has 1 heterocycles. The third kappa shape index (κ3) is 2.08. The Morgan fingerprint density at radius 3 is 2.75 bits per heavy atom. The Morgan fingerprint density at radius 2 is 2.33 bits per heavy atom. The van der Waals surface area contributed by atoms with Gasteiger partial charge in [-0.15, -0.1) is 0 Å². The van der Waals surface area contributed by atoms with Gasteiger partial charge < -0.3 is 5.11 Å². The van der Waals surface area contributed by atoms with Crippen LogP contribution in [0.4, 0.5) is 0 Å². The number of carboxylic acid groups (broad SMARTS) is 1. The Balaban J connectivity index is 2.79. The van der Waals surface area contributed by atoms with Gasteiger partial charge in [-0.2, -0.15) is 11.3 Å². The van der Waals surface area contributed by atoms with Gasteiger partial charge in [-0.3, -0.25) is 4.79 Å². The third-order valence-corrected chi connectivity index (χ3v) is 2.58. The Labute approximate surface area is 75.9 Å². The first kappa shape index (κ1) is 9.26. The quantitative estimate of drug-likeness (QED) is 0.783. The second-order valence-corrected chi connectivity index (χ2v) is 4.25. The Kier molecular flexibility index (Phi) is 2.52. The zero-order valence-corrected chi connectivity index (χ0v) is 8.02. The molecular formula is C9H12O2S. The van der Waals surface area contributed by atoms with Crippen molar-refractivity contribution in [2.75, 3.05) is 0 Å². The highest BCUT2D eigenvalue weighted by Crippen LogP contribution is 2.28. The first-order valence-electron chi connectivity index (χ1n) is 3.77. The van der Waals surface area contributed by atoms with Crippen molar-refractivity contribution in [1.82, 2.24) is 0 Å². The second-order valence-electron chi connectivity index (χ2n) is 3.47. The summed E-state index contributed by atoms with van der Waals surface area (Å²) in [4.78, 5) is 10.5. The van der Waals surface area contributed by atoms with Crippen LogP contribution in [-0.2, 0) is 10.2 Å². The van der Waals surface area contributed by atoms with E-state index in [-0.39, 0.29) is 11.8 Å². The maximum atomic E-state index is 10.5. The van der Waals surface area contributed by atoms with Crippen LogP contribution >= 0.6 is 11.3 Å². The highest BCUT2D eigenvalue weighted by molar-refractivity contribution is 7.08. The van der Waals surface area contributed by atoms with Crippen LogP contribution < -0.4 is 0 Å². The highest BCUT2D eigenvalue weighted by atomic mass is 32.1. The molecule has 0 saturated heterocycles. The standard InChI is InChI=1S/C9H12O2S/c1-9(2,5-8(10)11)7-3-4-12-6-7/h3-4,6H,5H2,1-2H3,(H,10,11). The zero-order chi connectivity index (χ0) is 9.19. The molecule has 0 unspecified atom stereocenters. The number of rotatable bonds is 3. The summed E-state index contributed by atoms with van der Waals surface area (Å²) >= 11 is 1.60. The summed E-state index contributed by atoms with van der Waals surface area (Å²) in [5, 5.41) is 12.6. The van der Waals surface area contributed by atoms with Crippen molar-refractivity contribution >= 4 is 17.3 Å². The number of hydrogen-bond donors (Lipinski definition) is 1. The minimum Gasteiger partial charge on any atom is -0.481 e. The lowest BCUT2D eigenvalue weighted by Gasteiger charge is -2.20. The molecule has 0 aliphatic heterocycles. The molecule has 0 bridgehead atoms. The lowest BCUT2D eigenvalue weighted by Crippen LogP contribution is -2.20. The molecule has 0 aromatic carbocycles. The van der Waals surface area contributed by atoms with Crippen molar-refractivity contribution in [3.63, 3.8) is 0 Å². The molecule has 66 valence electrons. The van der Waals surface area contributed by atoms with Gasteiger partial charge in [0.1, 0.15) is 0 Å². The van der Waals surface area contributed by atoms with Crippen LogP contribution in [-0.4, -0.2) is 11.1 Å². The molecule has 3 heteroatoms. The van der Waals surface area contributed by atoms with Crippen LogP contribution in [0.25, 0.3) is 0 Å². The normalized spacial score (nSPS) is 11.5. The lowest BCUT2D eigenvalue weighted by molar-refractivity contribution is -0.138. The Bertz CT molecular complexity index is 262. The van der Waals surface area contributed by atoms with E-state index >= 15 is 0 Å². The van der Waals surface area contributed by atoms with Crippen LogP contribution in [0.2, 0.25) is 0 Å². The van der Waals surface area contributed by atoms with E-state index in [0.29, 0.717) is 0 Å². The number of thiophene rings is 1. The van der Waals surface area contributed by atoms with Gasteiger partial charge in [-0.1, -0.05) is 13.8 Å². The molecule has 12 heavy (non-hydrogen) atoms. The maximum Gasteiger partial charge on any atom is 0.304 e. The third-order valence-electron chi connectivity index (χ3n) is 1.90. The molecule has 0 aliphatic rings. The largest absolute Gasteiger partial charge is 0.481 e. The van der Waals surface area contributed by atoms with E-state index in [1.807, 2.05) is 30.7 Å². The van der Waals surface area contributed by atoms with E-state index in [1.54, 1.807) is 11.3 Å².